The van der Waals surface area contributed by atoms with Gasteiger partial charge in [0.15, 0.2) is 0 Å². The molecule has 0 N–H and O–H groups in total. The van der Waals surface area contributed by atoms with Crippen molar-refractivity contribution in [2.75, 3.05) is 13.2 Å². The van der Waals surface area contributed by atoms with Crippen LogP contribution in [0.4, 0.5) is 4.39 Å². The van der Waals surface area contributed by atoms with E-state index >= 15 is 0 Å². The molecule has 0 aromatic carbocycles. The molecule has 0 unspecified atom stereocenters. The summed E-state index contributed by atoms with van der Waals surface area (Å²) in [5.74, 6) is -0.683. The number of rotatable bonds is 7. The average Bonchev–Trinajstić information content (AvgIpc) is 2.27. The second kappa shape index (κ2) is 6.83. The summed E-state index contributed by atoms with van der Waals surface area (Å²) in [5, 5.41) is 0. The van der Waals surface area contributed by atoms with Gasteiger partial charge < -0.3 is 4.52 Å². The van der Waals surface area contributed by atoms with Crippen molar-refractivity contribution in [2.24, 2.45) is 5.92 Å². The number of hydrogen-bond donors (Lipinski definition) is 0. The number of halogens is 1. The van der Waals surface area contributed by atoms with Crippen LogP contribution in [0, 0.1) is 11.9 Å². The van der Waals surface area contributed by atoms with Crippen LogP contribution < -0.4 is 4.52 Å². The fourth-order valence-corrected chi connectivity index (χ4v) is 2.35. The van der Waals surface area contributed by atoms with Crippen molar-refractivity contribution in [3.63, 3.8) is 0 Å². The van der Waals surface area contributed by atoms with Crippen molar-refractivity contribution in [1.82, 2.24) is 4.98 Å². The van der Waals surface area contributed by atoms with Gasteiger partial charge in [0.1, 0.15) is 0 Å². The van der Waals surface area contributed by atoms with Crippen LogP contribution in [-0.4, -0.2) is 18.2 Å². The first-order valence-corrected chi connectivity index (χ1v) is 7.12. The third kappa shape index (κ3) is 5.12. The lowest BCUT2D eigenvalue weighted by Gasteiger charge is -2.18. The van der Waals surface area contributed by atoms with Gasteiger partial charge >= 0.3 is 7.82 Å². The summed E-state index contributed by atoms with van der Waals surface area (Å²) in [7, 11) is -3.74. The minimum Gasteiger partial charge on any atom is -0.385 e. The van der Waals surface area contributed by atoms with E-state index in [9.17, 15) is 8.96 Å². The van der Waals surface area contributed by atoms with Crippen LogP contribution in [0.3, 0.4) is 0 Å². The molecule has 1 rings (SSSR count). The van der Waals surface area contributed by atoms with Crippen molar-refractivity contribution in [3.05, 3.63) is 24.1 Å². The lowest BCUT2D eigenvalue weighted by molar-refractivity contribution is 0.146. The Balaban J connectivity index is 2.75. The number of aromatic nitrogens is 1. The zero-order valence-corrected chi connectivity index (χ0v) is 11.5. The molecule has 5 nitrogen and oxygen atoms in total. The molecule has 1 aromatic rings. The Labute approximate surface area is 106 Å². The maximum absolute atomic E-state index is 12.9. The fraction of sp³-hybridized carbons (Fsp3) is 0.545. The van der Waals surface area contributed by atoms with Crippen molar-refractivity contribution in [2.45, 2.75) is 20.8 Å². The Hall–Kier alpha value is -0.970. The van der Waals surface area contributed by atoms with E-state index in [0.29, 0.717) is 0 Å². The summed E-state index contributed by atoms with van der Waals surface area (Å²) in [4.78, 5) is 3.45. The highest BCUT2D eigenvalue weighted by Crippen LogP contribution is 2.49. The quantitative estimate of drug-likeness (QED) is 0.564. The summed E-state index contributed by atoms with van der Waals surface area (Å²) >= 11 is 0. The van der Waals surface area contributed by atoms with Gasteiger partial charge in [0.25, 0.3) is 0 Å². The Kier molecular flexibility index (Phi) is 5.72. The smallest absolute Gasteiger partial charge is 0.385 e. The number of pyridine rings is 1. The van der Waals surface area contributed by atoms with Crippen molar-refractivity contribution >= 4 is 7.82 Å². The van der Waals surface area contributed by atoms with Gasteiger partial charge in [-0.25, -0.2) is 4.57 Å². The Morgan fingerprint density at radius 1 is 1.39 bits per heavy atom. The third-order valence-corrected chi connectivity index (χ3v) is 3.20. The summed E-state index contributed by atoms with van der Waals surface area (Å²) < 4.78 is 40.2. The van der Waals surface area contributed by atoms with E-state index in [2.05, 4.69) is 4.98 Å². The van der Waals surface area contributed by atoms with Gasteiger partial charge in [-0.05, 0) is 18.9 Å². The molecule has 0 bridgehead atoms. The van der Waals surface area contributed by atoms with Crippen LogP contribution in [0.5, 0.6) is 5.88 Å². The second-order valence-electron chi connectivity index (χ2n) is 3.94. The normalized spacial score (nSPS) is 14.5. The lowest BCUT2D eigenvalue weighted by Crippen LogP contribution is -2.07. The van der Waals surface area contributed by atoms with Gasteiger partial charge in [0.05, 0.1) is 13.2 Å². The lowest BCUT2D eigenvalue weighted by atomic mass is 10.2. The maximum Gasteiger partial charge on any atom is 0.531 e. The van der Waals surface area contributed by atoms with E-state index in [1.807, 2.05) is 13.8 Å². The van der Waals surface area contributed by atoms with E-state index < -0.39 is 13.8 Å². The molecule has 1 aromatic heterocycles. The Morgan fingerprint density at radius 2 is 2.11 bits per heavy atom. The molecule has 0 aliphatic carbocycles. The first kappa shape index (κ1) is 15.1. The molecule has 18 heavy (non-hydrogen) atoms. The van der Waals surface area contributed by atoms with Gasteiger partial charge in [-0.2, -0.15) is 9.37 Å². The minimum atomic E-state index is -3.74. The predicted molar refractivity (Wildman–Crippen MR) is 64.8 cm³/mol. The summed E-state index contributed by atoms with van der Waals surface area (Å²) in [5.41, 5.74) is 0. The molecular weight excluding hydrogens is 260 g/mol. The molecule has 102 valence electrons. The van der Waals surface area contributed by atoms with E-state index in [-0.39, 0.29) is 25.0 Å². The molecule has 0 fully saturated rings. The monoisotopic (exact) mass is 277 g/mol. The first-order chi connectivity index (χ1) is 8.45. The van der Waals surface area contributed by atoms with E-state index in [1.54, 1.807) is 6.92 Å². The van der Waals surface area contributed by atoms with Crippen molar-refractivity contribution in [1.29, 1.82) is 0 Å². The molecule has 0 saturated carbocycles. The number of hydrogen-bond acceptors (Lipinski definition) is 5. The molecular formula is C11H17FNO4P. The third-order valence-electron chi connectivity index (χ3n) is 1.75. The minimum absolute atomic E-state index is 0.129. The summed E-state index contributed by atoms with van der Waals surface area (Å²) in [6, 6.07) is 3.94. The van der Waals surface area contributed by atoms with Gasteiger partial charge in [0, 0.05) is 6.07 Å². The van der Waals surface area contributed by atoms with E-state index in [0.717, 1.165) is 6.07 Å². The predicted octanol–water partition coefficient (Wildman–Crippen LogP) is 3.42. The van der Waals surface area contributed by atoms with Crippen LogP contribution >= 0.6 is 7.82 Å². The second-order valence-corrected chi connectivity index (χ2v) is 5.54. The molecule has 1 atom stereocenters. The van der Waals surface area contributed by atoms with E-state index in [1.165, 1.54) is 12.1 Å². The molecule has 7 heteroatoms. The van der Waals surface area contributed by atoms with Gasteiger partial charge in [0.2, 0.25) is 11.8 Å². The van der Waals surface area contributed by atoms with Gasteiger partial charge in [-0.1, -0.05) is 19.9 Å². The number of nitrogens with zero attached hydrogens (tertiary/aromatic N) is 1. The average molecular weight is 277 g/mol. The van der Waals surface area contributed by atoms with Crippen LogP contribution in [0.25, 0.3) is 0 Å². The van der Waals surface area contributed by atoms with Crippen molar-refractivity contribution < 1.29 is 22.5 Å². The Bertz CT molecular complexity index is 427. The van der Waals surface area contributed by atoms with Gasteiger partial charge in [-0.15, -0.1) is 0 Å². The van der Waals surface area contributed by atoms with Crippen LogP contribution in [0.1, 0.15) is 20.8 Å². The topological polar surface area (TPSA) is 57.7 Å². The van der Waals surface area contributed by atoms with Crippen LogP contribution in [-0.2, 0) is 13.6 Å². The molecule has 0 radical (unpaired) electrons. The standard InChI is InChI=1S/C11H17FNO4P/c1-4-15-18(14,16-8-9(2)3)17-11-7-5-6-10(12)13-11/h5-7,9H,4,8H2,1-3H3/t18-/m0/s1. The molecule has 0 spiro atoms. The number of phosphoric acid groups is 1. The van der Waals surface area contributed by atoms with Crippen LogP contribution in [0.15, 0.2) is 18.2 Å². The zero-order chi connectivity index (χ0) is 13.6. The highest BCUT2D eigenvalue weighted by Gasteiger charge is 2.29. The largest absolute Gasteiger partial charge is 0.531 e. The van der Waals surface area contributed by atoms with Crippen molar-refractivity contribution in [3.8, 4) is 5.88 Å². The molecule has 0 aliphatic rings. The summed E-state index contributed by atoms with van der Waals surface area (Å²) in [6.45, 7) is 5.83. The number of phosphoric ester groups is 1. The zero-order valence-electron chi connectivity index (χ0n) is 10.6. The highest BCUT2D eigenvalue weighted by molar-refractivity contribution is 7.48. The molecule has 0 saturated heterocycles. The van der Waals surface area contributed by atoms with E-state index in [4.69, 9.17) is 13.6 Å². The maximum atomic E-state index is 12.9. The first-order valence-electron chi connectivity index (χ1n) is 5.66. The highest BCUT2D eigenvalue weighted by atomic mass is 31.2. The molecule has 0 aliphatic heterocycles. The summed E-state index contributed by atoms with van der Waals surface area (Å²) in [6.07, 6.45) is 0. The van der Waals surface area contributed by atoms with Gasteiger partial charge in [-0.3, -0.25) is 9.05 Å². The van der Waals surface area contributed by atoms with Crippen LogP contribution in [0.2, 0.25) is 0 Å². The Morgan fingerprint density at radius 3 is 2.67 bits per heavy atom. The fourth-order valence-electron chi connectivity index (χ4n) is 1.04. The molecule has 0 amide bonds. The molecule has 1 heterocycles. The SMILES string of the molecule is CCO[P@@](=O)(OCC(C)C)Oc1cccc(F)n1.